The summed E-state index contributed by atoms with van der Waals surface area (Å²) in [4.78, 5) is 15.8. The van der Waals surface area contributed by atoms with Gasteiger partial charge in [0, 0.05) is 12.1 Å². The SMILES string of the molecule is Cl.Cl.O=C(NCCOc1ncc(Cl)cc1Cl)C1CCNCC1. The van der Waals surface area contributed by atoms with E-state index in [1.807, 2.05) is 0 Å². The molecule has 5 nitrogen and oxygen atoms in total. The van der Waals surface area contributed by atoms with E-state index in [2.05, 4.69) is 15.6 Å². The Morgan fingerprint density at radius 2 is 2.05 bits per heavy atom. The molecule has 1 saturated heterocycles. The normalized spacial score (nSPS) is 14.5. The number of halogens is 4. The molecular weight excluding hydrogens is 372 g/mol. The number of nitrogens with one attached hydrogen (secondary N) is 2. The number of rotatable bonds is 5. The number of piperidine rings is 1. The van der Waals surface area contributed by atoms with Gasteiger partial charge < -0.3 is 15.4 Å². The molecule has 1 aliphatic heterocycles. The van der Waals surface area contributed by atoms with Crippen LogP contribution in [0.2, 0.25) is 10.0 Å². The van der Waals surface area contributed by atoms with Crippen molar-refractivity contribution in [1.29, 1.82) is 0 Å². The average molecular weight is 391 g/mol. The van der Waals surface area contributed by atoms with E-state index in [0.717, 1.165) is 25.9 Å². The highest BCUT2D eigenvalue weighted by Crippen LogP contribution is 2.24. The maximum Gasteiger partial charge on any atom is 0.232 e. The largest absolute Gasteiger partial charge is 0.475 e. The molecule has 0 bridgehead atoms. The lowest BCUT2D eigenvalue weighted by atomic mass is 9.97. The monoisotopic (exact) mass is 389 g/mol. The van der Waals surface area contributed by atoms with Gasteiger partial charge in [-0.25, -0.2) is 4.98 Å². The van der Waals surface area contributed by atoms with Gasteiger partial charge in [-0.2, -0.15) is 0 Å². The van der Waals surface area contributed by atoms with Crippen LogP contribution in [0.3, 0.4) is 0 Å². The van der Waals surface area contributed by atoms with Gasteiger partial charge in [-0.1, -0.05) is 23.2 Å². The molecule has 0 saturated carbocycles. The summed E-state index contributed by atoms with van der Waals surface area (Å²) in [5.41, 5.74) is 0. The lowest BCUT2D eigenvalue weighted by molar-refractivity contribution is -0.125. The summed E-state index contributed by atoms with van der Waals surface area (Å²) in [6.07, 6.45) is 3.24. The molecule has 1 aromatic rings. The summed E-state index contributed by atoms with van der Waals surface area (Å²) in [5.74, 6) is 0.519. The standard InChI is InChI=1S/C13H17Cl2N3O2.2ClH/c14-10-7-11(15)13(18-8-10)20-6-5-17-12(19)9-1-3-16-4-2-9;;/h7-9,16H,1-6H2,(H,17,19);2*1H. The Hall–Kier alpha value is -0.460. The van der Waals surface area contributed by atoms with E-state index < -0.39 is 0 Å². The van der Waals surface area contributed by atoms with Crippen LogP contribution in [0.1, 0.15) is 12.8 Å². The third kappa shape index (κ3) is 6.75. The molecule has 1 aliphatic rings. The minimum Gasteiger partial charge on any atom is -0.475 e. The number of aromatic nitrogens is 1. The lowest BCUT2D eigenvalue weighted by Gasteiger charge is -2.21. The highest BCUT2D eigenvalue weighted by Gasteiger charge is 2.20. The Morgan fingerprint density at radius 3 is 2.68 bits per heavy atom. The highest BCUT2D eigenvalue weighted by atomic mass is 35.5. The number of carbonyl (C=O) groups is 1. The fraction of sp³-hybridized carbons (Fsp3) is 0.538. The van der Waals surface area contributed by atoms with E-state index >= 15 is 0 Å². The summed E-state index contributed by atoms with van der Waals surface area (Å²) >= 11 is 11.7. The molecule has 9 heteroatoms. The summed E-state index contributed by atoms with van der Waals surface area (Å²) in [6, 6.07) is 1.57. The minimum absolute atomic E-state index is 0. The molecule has 22 heavy (non-hydrogen) atoms. The summed E-state index contributed by atoms with van der Waals surface area (Å²) in [7, 11) is 0. The fourth-order valence-corrected chi connectivity index (χ4v) is 2.49. The molecule has 0 spiro atoms. The Balaban J connectivity index is 0.00000220. The van der Waals surface area contributed by atoms with Crippen LogP contribution in [0.15, 0.2) is 12.3 Å². The molecule has 0 aliphatic carbocycles. The van der Waals surface area contributed by atoms with Gasteiger partial charge >= 0.3 is 0 Å². The van der Waals surface area contributed by atoms with Crippen LogP contribution in [-0.4, -0.2) is 37.1 Å². The second-order valence-electron chi connectivity index (χ2n) is 4.60. The topological polar surface area (TPSA) is 63.2 Å². The number of amides is 1. The Bertz CT molecular complexity index is 471. The lowest BCUT2D eigenvalue weighted by Crippen LogP contribution is -2.39. The minimum atomic E-state index is 0. The second-order valence-corrected chi connectivity index (χ2v) is 5.45. The summed E-state index contributed by atoms with van der Waals surface area (Å²) in [5, 5.41) is 6.92. The molecule has 0 radical (unpaired) electrons. The van der Waals surface area contributed by atoms with Crippen molar-refractivity contribution in [2.45, 2.75) is 12.8 Å². The van der Waals surface area contributed by atoms with Gasteiger partial charge in [0.1, 0.15) is 11.6 Å². The van der Waals surface area contributed by atoms with Crippen molar-refractivity contribution >= 4 is 53.9 Å². The van der Waals surface area contributed by atoms with Gasteiger partial charge in [0.25, 0.3) is 0 Å². The maximum atomic E-state index is 11.9. The number of nitrogens with zero attached hydrogens (tertiary/aromatic N) is 1. The molecule has 2 heterocycles. The van der Waals surface area contributed by atoms with E-state index in [1.165, 1.54) is 6.20 Å². The molecule has 126 valence electrons. The molecule has 1 aromatic heterocycles. The van der Waals surface area contributed by atoms with Crippen molar-refractivity contribution in [3.63, 3.8) is 0 Å². The average Bonchev–Trinajstić information content (AvgIpc) is 2.46. The van der Waals surface area contributed by atoms with E-state index in [1.54, 1.807) is 6.07 Å². The molecule has 0 unspecified atom stereocenters. The number of hydrogen-bond donors (Lipinski definition) is 2. The van der Waals surface area contributed by atoms with Gasteiger partial charge in [0.2, 0.25) is 11.8 Å². The number of ether oxygens (including phenoxy) is 1. The van der Waals surface area contributed by atoms with Crippen molar-refractivity contribution in [3.8, 4) is 5.88 Å². The van der Waals surface area contributed by atoms with E-state index in [4.69, 9.17) is 27.9 Å². The first kappa shape index (κ1) is 21.5. The van der Waals surface area contributed by atoms with Crippen LogP contribution in [0.5, 0.6) is 5.88 Å². The van der Waals surface area contributed by atoms with E-state index in [-0.39, 0.29) is 36.6 Å². The third-order valence-electron chi connectivity index (χ3n) is 3.12. The van der Waals surface area contributed by atoms with Crippen molar-refractivity contribution in [2.75, 3.05) is 26.2 Å². The fourth-order valence-electron chi connectivity index (χ4n) is 2.06. The zero-order chi connectivity index (χ0) is 14.4. The Labute approximate surface area is 152 Å². The van der Waals surface area contributed by atoms with Gasteiger partial charge in [-0.05, 0) is 32.0 Å². The van der Waals surface area contributed by atoms with Gasteiger partial charge in [-0.15, -0.1) is 24.8 Å². The van der Waals surface area contributed by atoms with Crippen LogP contribution in [-0.2, 0) is 4.79 Å². The molecular formula is C13H19Cl4N3O2. The molecule has 0 atom stereocenters. The van der Waals surface area contributed by atoms with Crippen LogP contribution in [0.4, 0.5) is 0 Å². The predicted octanol–water partition coefficient (Wildman–Crippen LogP) is 2.73. The first-order chi connectivity index (χ1) is 9.66. The van der Waals surface area contributed by atoms with Gasteiger partial charge in [0.05, 0.1) is 11.6 Å². The first-order valence-corrected chi connectivity index (χ1v) is 7.34. The maximum absolute atomic E-state index is 11.9. The number of carbonyl (C=O) groups excluding carboxylic acids is 1. The molecule has 1 amide bonds. The van der Waals surface area contributed by atoms with Crippen LogP contribution in [0.25, 0.3) is 0 Å². The van der Waals surface area contributed by atoms with Crippen molar-refractivity contribution in [2.24, 2.45) is 5.92 Å². The molecule has 2 rings (SSSR count). The van der Waals surface area contributed by atoms with E-state index in [0.29, 0.717) is 29.1 Å². The molecule has 0 aromatic carbocycles. The van der Waals surface area contributed by atoms with Crippen LogP contribution in [0, 0.1) is 5.92 Å². The third-order valence-corrected chi connectivity index (χ3v) is 3.60. The van der Waals surface area contributed by atoms with Crippen molar-refractivity contribution < 1.29 is 9.53 Å². The first-order valence-electron chi connectivity index (χ1n) is 6.59. The number of pyridine rings is 1. The smallest absolute Gasteiger partial charge is 0.232 e. The van der Waals surface area contributed by atoms with Gasteiger partial charge in [0.15, 0.2) is 0 Å². The van der Waals surface area contributed by atoms with E-state index in [9.17, 15) is 4.79 Å². The van der Waals surface area contributed by atoms with Crippen molar-refractivity contribution in [3.05, 3.63) is 22.3 Å². The molecule has 2 N–H and O–H groups in total. The second kappa shape index (κ2) is 11.1. The highest BCUT2D eigenvalue weighted by molar-refractivity contribution is 6.35. The molecule has 1 fully saturated rings. The Kier molecular flexibility index (Phi) is 10.9. The van der Waals surface area contributed by atoms with Crippen LogP contribution >= 0.6 is 48.0 Å². The number of hydrogen-bond acceptors (Lipinski definition) is 4. The summed E-state index contributed by atoms with van der Waals surface area (Å²) in [6.45, 7) is 2.56. The van der Waals surface area contributed by atoms with Crippen molar-refractivity contribution in [1.82, 2.24) is 15.6 Å². The van der Waals surface area contributed by atoms with Crippen LogP contribution < -0.4 is 15.4 Å². The zero-order valence-electron chi connectivity index (χ0n) is 11.8. The zero-order valence-corrected chi connectivity index (χ0v) is 15.0. The quantitative estimate of drug-likeness (QED) is 0.758. The Morgan fingerprint density at radius 1 is 1.36 bits per heavy atom. The summed E-state index contributed by atoms with van der Waals surface area (Å²) < 4.78 is 5.40. The van der Waals surface area contributed by atoms with Gasteiger partial charge in [-0.3, -0.25) is 4.79 Å². The predicted molar refractivity (Wildman–Crippen MR) is 92.9 cm³/mol.